The highest BCUT2D eigenvalue weighted by atomic mass is 32.2. The van der Waals surface area contributed by atoms with Crippen molar-refractivity contribution in [2.75, 3.05) is 26.2 Å². The number of pyridine rings is 1. The number of aryl methyl sites for hydroxylation is 1. The number of likely N-dealkylation sites (tertiary alicyclic amines) is 1. The summed E-state index contributed by atoms with van der Waals surface area (Å²) in [6.45, 7) is 9.49. The van der Waals surface area contributed by atoms with E-state index in [0.29, 0.717) is 31.1 Å². The van der Waals surface area contributed by atoms with Gasteiger partial charge < -0.3 is 9.64 Å². The first kappa shape index (κ1) is 21.1. The molecule has 0 N–H and O–H groups in total. The summed E-state index contributed by atoms with van der Waals surface area (Å²) in [4.78, 5) is 18.7. The van der Waals surface area contributed by atoms with Crippen LogP contribution in [-0.2, 0) is 14.8 Å². The molecule has 30 heavy (non-hydrogen) atoms. The molecule has 0 saturated carbocycles. The molecule has 0 radical (unpaired) electrons. The molecule has 2 unspecified atom stereocenters. The Hall–Kier alpha value is -2.19. The third-order valence-electron chi connectivity index (χ3n) is 5.97. The van der Waals surface area contributed by atoms with E-state index in [1.165, 1.54) is 0 Å². The summed E-state index contributed by atoms with van der Waals surface area (Å²) in [5, 5.41) is 1.56. The van der Waals surface area contributed by atoms with Crippen LogP contribution in [0.15, 0.2) is 35.5 Å². The fraction of sp³-hybridized carbons (Fsp3) is 0.545. The van der Waals surface area contributed by atoms with Crippen molar-refractivity contribution in [2.24, 2.45) is 11.8 Å². The number of carbonyl (C=O) groups is 1. The zero-order valence-electron chi connectivity index (χ0n) is 18.0. The van der Waals surface area contributed by atoms with Crippen molar-refractivity contribution in [3.8, 4) is 0 Å². The van der Waals surface area contributed by atoms with E-state index >= 15 is 0 Å². The summed E-state index contributed by atoms with van der Waals surface area (Å²) >= 11 is 0. The molecule has 0 aliphatic carbocycles. The van der Waals surface area contributed by atoms with E-state index in [9.17, 15) is 13.2 Å². The van der Waals surface area contributed by atoms with Gasteiger partial charge in [-0.15, -0.1) is 0 Å². The van der Waals surface area contributed by atoms with Gasteiger partial charge in [0.15, 0.2) is 0 Å². The largest absolute Gasteiger partial charge is 0.444 e. The molecule has 162 valence electrons. The molecule has 1 aromatic heterocycles. The number of nitrogens with zero attached hydrogens (tertiary/aromatic N) is 3. The van der Waals surface area contributed by atoms with Gasteiger partial charge in [-0.3, -0.25) is 4.98 Å². The minimum absolute atomic E-state index is 0.124. The molecule has 0 spiro atoms. The van der Waals surface area contributed by atoms with E-state index in [0.717, 1.165) is 22.8 Å². The smallest absolute Gasteiger partial charge is 0.410 e. The molecule has 1 aromatic carbocycles. The number of carbonyl (C=O) groups excluding carboxylic acids is 1. The van der Waals surface area contributed by atoms with Gasteiger partial charge in [0.2, 0.25) is 10.0 Å². The van der Waals surface area contributed by atoms with Crippen LogP contribution in [0, 0.1) is 18.8 Å². The predicted molar refractivity (Wildman–Crippen MR) is 115 cm³/mol. The Morgan fingerprint density at radius 2 is 1.87 bits per heavy atom. The number of piperidine rings is 1. The lowest BCUT2D eigenvalue weighted by Gasteiger charge is -2.35. The van der Waals surface area contributed by atoms with E-state index < -0.39 is 15.6 Å². The van der Waals surface area contributed by atoms with Crippen molar-refractivity contribution in [2.45, 2.75) is 44.6 Å². The van der Waals surface area contributed by atoms with Crippen LogP contribution in [0.5, 0.6) is 0 Å². The van der Waals surface area contributed by atoms with E-state index in [4.69, 9.17) is 4.74 Å². The SMILES string of the molecule is Cc1cncc2cccc(S(=O)(=O)N3CC4CCN(C(=O)OC(C)(C)C)CC4C3)c12. The van der Waals surface area contributed by atoms with Gasteiger partial charge in [-0.2, -0.15) is 4.31 Å². The zero-order chi connectivity index (χ0) is 21.7. The number of rotatable bonds is 2. The van der Waals surface area contributed by atoms with Gasteiger partial charge in [0.1, 0.15) is 5.60 Å². The maximum absolute atomic E-state index is 13.5. The van der Waals surface area contributed by atoms with Crippen molar-refractivity contribution in [1.82, 2.24) is 14.2 Å². The molecule has 0 bridgehead atoms. The van der Waals surface area contributed by atoms with E-state index in [1.807, 2.05) is 33.8 Å². The van der Waals surface area contributed by atoms with Gasteiger partial charge in [-0.05, 0) is 57.6 Å². The number of fused-ring (bicyclic) bond motifs is 2. The summed E-state index contributed by atoms with van der Waals surface area (Å²) in [5.74, 6) is 0.384. The van der Waals surface area contributed by atoms with Crippen molar-refractivity contribution in [1.29, 1.82) is 0 Å². The van der Waals surface area contributed by atoms with Crippen LogP contribution < -0.4 is 0 Å². The average Bonchev–Trinajstić information content (AvgIpc) is 3.10. The summed E-state index contributed by atoms with van der Waals surface area (Å²) in [7, 11) is -3.64. The molecule has 2 aromatic rings. The number of ether oxygens (including phenoxy) is 1. The number of sulfonamides is 1. The maximum Gasteiger partial charge on any atom is 0.410 e. The second-order valence-corrected chi connectivity index (χ2v) is 11.3. The van der Waals surface area contributed by atoms with Gasteiger partial charge >= 0.3 is 6.09 Å². The molecular formula is C22H29N3O4S. The lowest BCUT2D eigenvalue weighted by molar-refractivity contribution is 0.0139. The Morgan fingerprint density at radius 1 is 1.13 bits per heavy atom. The molecule has 3 heterocycles. The molecule has 2 atom stereocenters. The lowest BCUT2D eigenvalue weighted by atomic mass is 9.89. The minimum atomic E-state index is -3.64. The fourth-order valence-corrected chi connectivity index (χ4v) is 6.38. The predicted octanol–water partition coefficient (Wildman–Crippen LogP) is 3.42. The molecule has 4 rings (SSSR count). The Kier molecular flexibility index (Phi) is 5.26. The molecule has 7 nitrogen and oxygen atoms in total. The van der Waals surface area contributed by atoms with Gasteiger partial charge in [0, 0.05) is 49.3 Å². The van der Waals surface area contributed by atoms with Crippen LogP contribution in [0.3, 0.4) is 0 Å². The molecule has 2 aliphatic rings. The highest BCUT2D eigenvalue weighted by Crippen LogP contribution is 2.36. The standard InChI is InChI=1S/C22H29N3O4S/c1-15-10-23-11-16-6-5-7-19(20(15)16)30(27,28)25-13-17-8-9-24(12-18(17)14-25)21(26)29-22(2,3)4/h5-7,10-11,17-18H,8-9,12-14H2,1-4H3. The second kappa shape index (κ2) is 7.50. The maximum atomic E-state index is 13.5. The number of benzene rings is 1. The Balaban J connectivity index is 1.56. The van der Waals surface area contributed by atoms with Crippen LogP contribution >= 0.6 is 0 Å². The van der Waals surface area contributed by atoms with Crippen molar-refractivity contribution in [3.05, 3.63) is 36.2 Å². The second-order valence-electron chi connectivity index (χ2n) is 9.37. The van der Waals surface area contributed by atoms with Crippen LogP contribution in [-0.4, -0.2) is 60.5 Å². The van der Waals surface area contributed by atoms with Gasteiger partial charge in [0.25, 0.3) is 0 Å². The number of aromatic nitrogens is 1. The Labute approximate surface area is 178 Å². The van der Waals surface area contributed by atoms with Crippen LogP contribution in [0.4, 0.5) is 4.79 Å². The Bertz CT molecular complexity index is 1070. The summed E-state index contributed by atoms with van der Waals surface area (Å²) in [5.41, 5.74) is 0.305. The van der Waals surface area contributed by atoms with Crippen LogP contribution in [0.2, 0.25) is 0 Å². The number of amides is 1. The van der Waals surface area contributed by atoms with E-state index in [2.05, 4.69) is 4.98 Å². The zero-order valence-corrected chi connectivity index (χ0v) is 18.8. The summed E-state index contributed by atoms with van der Waals surface area (Å²) < 4.78 is 34.2. The molecule has 2 aliphatic heterocycles. The highest BCUT2D eigenvalue weighted by Gasteiger charge is 2.43. The lowest BCUT2D eigenvalue weighted by Crippen LogP contribution is -2.45. The van der Waals surface area contributed by atoms with E-state index in [1.54, 1.807) is 33.7 Å². The average molecular weight is 432 g/mol. The van der Waals surface area contributed by atoms with Crippen LogP contribution in [0.1, 0.15) is 32.8 Å². The molecule has 8 heteroatoms. The first-order valence-corrected chi connectivity index (χ1v) is 11.8. The molecule has 2 saturated heterocycles. The first-order valence-electron chi connectivity index (χ1n) is 10.4. The quantitative estimate of drug-likeness (QED) is 0.728. The fourth-order valence-electron chi connectivity index (χ4n) is 4.54. The molecule has 2 fully saturated rings. The van der Waals surface area contributed by atoms with E-state index in [-0.39, 0.29) is 17.9 Å². The van der Waals surface area contributed by atoms with Crippen molar-refractivity contribution < 1.29 is 17.9 Å². The monoisotopic (exact) mass is 431 g/mol. The van der Waals surface area contributed by atoms with Crippen molar-refractivity contribution in [3.63, 3.8) is 0 Å². The Morgan fingerprint density at radius 3 is 2.60 bits per heavy atom. The third-order valence-corrected chi connectivity index (χ3v) is 7.85. The van der Waals surface area contributed by atoms with Crippen molar-refractivity contribution >= 4 is 26.9 Å². The number of hydrogen-bond donors (Lipinski definition) is 0. The summed E-state index contributed by atoms with van der Waals surface area (Å²) in [6.07, 6.45) is 3.86. The number of hydrogen-bond acceptors (Lipinski definition) is 5. The van der Waals surface area contributed by atoms with Gasteiger partial charge in [-0.1, -0.05) is 12.1 Å². The highest BCUT2D eigenvalue weighted by molar-refractivity contribution is 7.89. The minimum Gasteiger partial charge on any atom is -0.444 e. The van der Waals surface area contributed by atoms with Crippen LogP contribution in [0.25, 0.3) is 10.8 Å². The topological polar surface area (TPSA) is 79.8 Å². The third kappa shape index (κ3) is 3.90. The molecular weight excluding hydrogens is 402 g/mol. The molecule has 1 amide bonds. The first-order chi connectivity index (χ1) is 14.1. The summed E-state index contributed by atoms with van der Waals surface area (Å²) in [6, 6.07) is 5.33. The van der Waals surface area contributed by atoms with Gasteiger partial charge in [-0.25, -0.2) is 13.2 Å². The normalized spacial score (nSPS) is 22.9. The van der Waals surface area contributed by atoms with Gasteiger partial charge in [0.05, 0.1) is 4.90 Å².